The Morgan fingerprint density at radius 1 is 1.28 bits per heavy atom. The number of carboxylic acids is 1. The molecule has 1 saturated carbocycles. The van der Waals surface area contributed by atoms with Gasteiger partial charge in [-0.05, 0) is 24.5 Å². The molecule has 0 aliphatic heterocycles. The number of hydrogen-bond donors (Lipinski definition) is 3. The molecule has 6 atom stereocenters. The molecule has 0 bridgehead atoms. The Morgan fingerprint density at radius 2 is 1.97 bits per heavy atom. The van der Waals surface area contributed by atoms with E-state index >= 15 is 0 Å². The summed E-state index contributed by atoms with van der Waals surface area (Å²) >= 11 is 0. The van der Waals surface area contributed by atoms with E-state index in [1.165, 1.54) is 0 Å². The number of ether oxygens (including phenoxy) is 1. The predicted molar refractivity (Wildman–Crippen MR) is 109 cm³/mol. The molecule has 2 unspecified atom stereocenters. The SMILES string of the molecule is CCCCC(C)C(O)C=C[C@H]1[C@H](CC(=O)O)[C@H](O)C[C@@H]1OC(=O)c1ccccc1. The highest BCUT2D eigenvalue weighted by atomic mass is 16.5. The number of carboxylic acid groups (broad SMARTS) is 1. The molecule has 1 aliphatic rings. The molecular formula is C23H32O6. The lowest BCUT2D eigenvalue weighted by atomic mass is 9.88. The molecule has 6 nitrogen and oxygen atoms in total. The van der Waals surface area contributed by atoms with E-state index in [1.807, 2.05) is 6.92 Å². The Morgan fingerprint density at radius 3 is 2.59 bits per heavy atom. The van der Waals surface area contributed by atoms with Gasteiger partial charge in [-0.1, -0.05) is 57.0 Å². The molecule has 1 aromatic carbocycles. The summed E-state index contributed by atoms with van der Waals surface area (Å²) < 4.78 is 5.63. The Hall–Kier alpha value is -2.18. The minimum Gasteiger partial charge on any atom is -0.481 e. The van der Waals surface area contributed by atoms with Crippen molar-refractivity contribution in [2.24, 2.45) is 17.8 Å². The topological polar surface area (TPSA) is 104 Å². The summed E-state index contributed by atoms with van der Waals surface area (Å²) in [6.45, 7) is 4.06. The lowest BCUT2D eigenvalue weighted by Crippen LogP contribution is -2.27. The van der Waals surface area contributed by atoms with Crippen molar-refractivity contribution in [2.45, 2.75) is 64.3 Å². The summed E-state index contributed by atoms with van der Waals surface area (Å²) in [5, 5.41) is 30.0. The first-order valence-electron chi connectivity index (χ1n) is 10.4. The molecule has 0 amide bonds. The van der Waals surface area contributed by atoms with E-state index in [1.54, 1.807) is 42.5 Å². The Balaban J connectivity index is 2.14. The number of carbonyl (C=O) groups excluding carboxylic acids is 1. The minimum absolute atomic E-state index is 0.0702. The average molecular weight is 405 g/mol. The van der Waals surface area contributed by atoms with Crippen LogP contribution in [0.3, 0.4) is 0 Å². The van der Waals surface area contributed by atoms with Gasteiger partial charge in [-0.2, -0.15) is 0 Å². The highest BCUT2D eigenvalue weighted by Gasteiger charge is 2.44. The minimum atomic E-state index is -1.01. The molecule has 29 heavy (non-hydrogen) atoms. The lowest BCUT2D eigenvalue weighted by molar-refractivity contribution is -0.139. The maximum absolute atomic E-state index is 12.5. The van der Waals surface area contributed by atoms with Crippen LogP contribution in [0.2, 0.25) is 0 Å². The fraction of sp³-hybridized carbons (Fsp3) is 0.565. The van der Waals surface area contributed by atoms with E-state index in [4.69, 9.17) is 4.74 Å². The van der Waals surface area contributed by atoms with Crippen LogP contribution in [0.25, 0.3) is 0 Å². The summed E-state index contributed by atoms with van der Waals surface area (Å²) in [7, 11) is 0. The van der Waals surface area contributed by atoms with Crippen LogP contribution in [0.4, 0.5) is 0 Å². The van der Waals surface area contributed by atoms with Crippen LogP contribution in [-0.4, -0.2) is 45.6 Å². The average Bonchev–Trinajstić information content (AvgIpc) is 2.98. The van der Waals surface area contributed by atoms with Crippen LogP contribution in [0.5, 0.6) is 0 Å². The maximum atomic E-state index is 12.5. The summed E-state index contributed by atoms with van der Waals surface area (Å²) in [4.78, 5) is 23.7. The van der Waals surface area contributed by atoms with Crippen LogP contribution >= 0.6 is 0 Å². The van der Waals surface area contributed by atoms with Crippen molar-refractivity contribution in [1.82, 2.24) is 0 Å². The van der Waals surface area contributed by atoms with Gasteiger partial charge in [-0.3, -0.25) is 4.79 Å². The number of esters is 1. The fourth-order valence-corrected chi connectivity index (χ4v) is 3.88. The summed E-state index contributed by atoms with van der Waals surface area (Å²) in [6.07, 6.45) is 4.09. The molecule has 3 N–H and O–H groups in total. The maximum Gasteiger partial charge on any atom is 0.338 e. The monoisotopic (exact) mass is 404 g/mol. The van der Waals surface area contributed by atoms with Gasteiger partial charge in [0.05, 0.1) is 24.2 Å². The lowest BCUT2D eigenvalue weighted by Gasteiger charge is -2.23. The number of aliphatic hydroxyl groups excluding tert-OH is 2. The van der Waals surface area contributed by atoms with Crippen LogP contribution in [-0.2, 0) is 9.53 Å². The second kappa shape index (κ2) is 11.1. The van der Waals surface area contributed by atoms with E-state index in [2.05, 4.69) is 6.92 Å². The van der Waals surface area contributed by atoms with E-state index < -0.39 is 42.1 Å². The highest BCUT2D eigenvalue weighted by molar-refractivity contribution is 5.89. The van der Waals surface area contributed by atoms with E-state index in [0.29, 0.717) is 5.56 Å². The van der Waals surface area contributed by atoms with Gasteiger partial charge in [0.15, 0.2) is 0 Å². The Labute approximate surface area is 172 Å². The number of hydrogen-bond acceptors (Lipinski definition) is 5. The largest absolute Gasteiger partial charge is 0.481 e. The smallest absolute Gasteiger partial charge is 0.338 e. The van der Waals surface area contributed by atoms with Crippen LogP contribution < -0.4 is 0 Å². The highest BCUT2D eigenvalue weighted by Crippen LogP contribution is 2.38. The zero-order chi connectivity index (χ0) is 21.4. The van der Waals surface area contributed by atoms with Gasteiger partial charge in [-0.25, -0.2) is 4.79 Å². The zero-order valence-electron chi connectivity index (χ0n) is 17.1. The third-order valence-electron chi connectivity index (χ3n) is 5.70. The summed E-state index contributed by atoms with van der Waals surface area (Å²) in [6, 6.07) is 8.56. The molecule has 1 aromatic rings. The number of benzene rings is 1. The van der Waals surface area contributed by atoms with Crippen LogP contribution in [0, 0.1) is 17.8 Å². The quantitative estimate of drug-likeness (QED) is 0.408. The standard InChI is InChI=1S/C23H32O6/c1-3-4-8-15(2)19(24)12-11-17-18(13-22(26)27)20(25)14-21(17)29-23(28)16-9-6-5-7-10-16/h5-7,9-12,15,17-21,24-25H,3-4,8,13-14H2,1-2H3,(H,26,27)/t15?,17-,18-,19?,20+,21-/m0/s1. The van der Waals surface area contributed by atoms with Crippen molar-refractivity contribution in [2.75, 3.05) is 0 Å². The number of aliphatic carboxylic acids is 1. The number of carbonyl (C=O) groups is 2. The molecule has 6 heteroatoms. The van der Waals surface area contributed by atoms with E-state index in [9.17, 15) is 24.9 Å². The molecule has 0 heterocycles. The summed E-state index contributed by atoms with van der Waals surface area (Å²) in [5.74, 6) is -2.49. The van der Waals surface area contributed by atoms with Gasteiger partial charge in [0, 0.05) is 18.3 Å². The molecule has 0 saturated heterocycles. The second-order valence-electron chi connectivity index (χ2n) is 7.95. The van der Waals surface area contributed by atoms with Crippen molar-refractivity contribution in [1.29, 1.82) is 0 Å². The van der Waals surface area contributed by atoms with Crippen molar-refractivity contribution in [3.8, 4) is 0 Å². The second-order valence-corrected chi connectivity index (χ2v) is 7.95. The predicted octanol–water partition coefficient (Wildman–Crippen LogP) is 3.43. The third kappa shape index (κ3) is 6.68. The first kappa shape index (κ1) is 23.1. The molecule has 0 aromatic heterocycles. The van der Waals surface area contributed by atoms with Gasteiger partial charge < -0.3 is 20.1 Å². The first-order valence-corrected chi connectivity index (χ1v) is 10.4. The first-order chi connectivity index (χ1) is 13.8. The molecule has 2 rings (SSSR count). The van der Waals surface area contributed by atoms with Gasteiger partial charge in [0.25, 0.3) is 0 Å². The number of rotatable bonds is 10. The number of unbranched alkanes of at least 4 members (excludes halogenated alkanes) is 1. The summed E-state index contributed by atoms with van der Waals surface area (Å²) in [5.41, 5.74) is 0.402. The Kier molecular flexibility index (Phi) is 8.86. The normalized spacial score (nSPS) is 26.3. The van der Waals surface area contributed by atoms with Crippen LogP contribution in [0.1, 0.15) is 56.3 Å². The van der Waals surface area contributed by atoms with Gasteiger partial charge in [0.1, 0.15) is 6.10 Å². The zero-order valence-corrected chi connectivity index (χ0v) is 17.1. The fourth-order valence-electron chi connectivity index (χ4n) is 3.88. The molecule has 0 radical (unpaired) electrons. The van der Waals surface area contributed by atoms with Gasteiger partial charge in [0.2, 0.25) is 0 Å². The molecule has 1 aliphatic carbocycles. The van der Waals surface area contributed by atoms with Gasteiger partial charge in [-0.15, -0.1) is 0 Å². The van der Waals surface area contributed by atoms with Crippen molar-refractivity contribution in [3.05, 3.63) is 48.0 Å². The van der Waals surface area contributed by atoms with Crippen LogP contribution in [0.15, 0.2) is 42.5 Å². The molecule has 1 fully saturated rings. The van der Waals surface area contributed by atoms with E-state index in [-0.39, 0.29) is 18.8 Å². The molecule has 0 spiro atoms. The van der Waals surface area contributed by atoms with E-state index in [0.717, 1.165) is 19.3 Å². The van der Waals surface area contributed by atoms with Crippen molar-refractivity contribution < 1.29 is 29.6 Å². The molecule has 160 valence electrons. The molecular weight excluding hydrogens is 372 g/mol. The number of aliphatic hydroxyl groups is 2. The van der Waals surface area contributed by atoms with Crippen molar-refractivity contribution >= 4 is 11.9 Å². The van der Waals surface area contributed by atoms with Gasteiger partial charge >= 0.3 is 11.9 Å². The third-order valence-corrected chi connectivity index (χ3v) is 5.70. The van der Waals surface area contributed by atoms with Crippen molar-refractivity contribution in [3.63, 3.8) is 0 Å². The Bertz CT molecular complexity index is 686.